The molecule has 26 heavy (non-hydrogen) atoms. The molecule has 3 rings (SSSR count). The summed E-state index contributed by atoms with van der Waals surface area (Å²) < 4.78 is 52.1. The van der Waals surface area contributed by atoms with Crippen LogP contribution < -0.4 is 5.32 Å². The summed E-state index contributed by atoms with van der Waals surface area (Å²) in [6.45, 7) is -0.338. The number of halogens is 4. The highest BCUT2D eigenvalue weighted by molar-refractivity contribution is 5.91. The molecule has 138 valence electrons. The van der Waals surface area contributed by atoms with Crippen LogP contribution in [0.25, 0.3) is 0 Å². The maximum absolute atomic E-state index is 13.0. The van der Waals surface area contributed by atoms with Crippen molar-refractivity contribution in [2.24, 2.45) is 0 Å². The van der Waals surface area contributed by atoms with Crippen LogP contribution in [0.2, 0.25) is 0 Å². The second kappa shape index (κ2) is 6.72. The molecule has 0 spiro atoms. The average Bonchev–Trinajstić information content (AvgIpc) is 3.41. The van der Waals surface area contributed by atoms with Crippen LogP contribution in [-0.2, 0) is 16.4 Å². The number of aliphatic hydroxyl groups excluding tert-OH is 1. The quantitative estimate of drug-likeness (QED) is 0.792. The van der Waals surface area contributed by atoms with E-state index in [1.807, 2.05) is 0 Å². The van der Waals surface area contributed by atoms with Gasteiger partial charge in [0, 0.05) is 6.54 Å². The summed E-state index contributed by atoms with van der Waals surface area (Å²) in [4.78, 5) is 12.5. The number of carbonyl (C=O) groups excluding carboxylic acids is 1. The minimum Gasteiger partial charge on any atom is -0.387 e. The molecule has 1 aliphatic carbocycles. The second-order valence-electron chi connectivity index (χ2n) is 6.40. The Morgan fingerprint density at radius 2 is 1.73 bits per heavy atom. The molecule has 1 unspecified atom stereocenters. The lowest BCUT2D eigenvalue weighted by Gasteiger charge is -2.20. The van der Waals surface area contributed by atoms with Gasteiger partial charge in [-0.15, -0.1) is 0 Å². The molecule has 7 heteroatoms. The van der Waals surface area contributed by atoms with E-state index in [4.69, 9.17) is 0 Å². The molecule has 2 aromatic carbocycles. The second-order valence-corrected chi connectivity index (χ2v) is 6.40. The highest BCUT2D eigenvalue weighted by Crippen LogP contribution is 2.48. The first-order valence-corrected chi connectivity index (χ1v) is 8.12. The van der Waals surface area contributed by atoms with Crippen LogP contribution in [0.3, 0.4) is 0 Å². The molecule has 1 aliphatic rings. The van der Waals surface area contributed by atoms with Gasteiger partial charge in [-0.3, -0.25) is 4.79 Å². The predicted molar refractivity (Wildman–Crippen MR) is 86.7 cm³/mol. The van der Waals surface area contributed by atoms with Crippen molar-refractivity contribution in [1.82, 2.24) is 5.32 Å². The molecule has 1 saturated carbocycles. The lowest BCUT2D eigenvalue weighted by atomic mass is 9.94. The van der Waals surface area contributed by atoms with Gasteiger partial charge >= 0.3 is 6.18 Å². The van der Waals surface area contributed by atoms with Crippen LogP contribution in [0.1, 0.15) is 35.6 Å². The van der Waals surface area contributed by atoms with E-state index < -0.39 is 29.1 Å². The lowest BCUT2D eigenvalue weighted by Crippen LogP contribution is -2.37. The van der Waals surface area contributed by atoms with E-state index in [2.05, 4.69) is 5.32 Å². The van der Waals surface area contributed by atoms with Gasteiger partial charge in [0.1, 0.15) is 5.82 Å². The monoisotopic (exact) mass is 367 g/mol. The maximum atomic E-state index is 13.0. The van der Waals surface area contributed by atoms with E-state index in [1.54, 1.807) is 0 Å². The van der Waals surface area contributed by atoms with Gasteiger partial charge < -0.3 is 10.4 Å². The Labute approximate surface area is 147 Å². The van der Waals surface area contributed by atoms with Crippen LogP contribution in [0.4, 0.5) is 17.6 Å². The van der Waals surface area contributed by atoms with Gasteiger partial charge in [-0.05, 0) is 42.2 Å². The number of hydrogen-bond acceptors (Lipinski definition) is 2. The molecule has 0 aromatic heterocycles. The minimum absolute atomic E-state index is 0.285. The third kappa shape index (κ3) is 3.58. The van der Waals surface area contributed by atoms with Gasteiger partial charge in [0.15, 0.2) is 0 Å². The van der Waals surface area contributed by atoms with Crippen molar-refractivity contribution in [2.45, 2.75) is 30.5 Å². The fraction of sp³-hybridized carbons (Fsp3) is 0.316. The van der Waals surface area contributed by atoms with E-state index in [-0.39, 0.29) is 18.0 Å². The van der Waals surface area contributed by atoms with E-state index in [1.165, 1.54) is 42.5 Å². The molecule has 1 amide bonds. The highest BCUT2D eigenvalue weighted by atomic mass is 19.4. The lowest BCUT2D eigenvalue weighted by molar-refractivity contribution is -0.139. The van der Waals surface area contributed by atoms with Gasteiger partial charge in [0.05, 0.1) is 17.1 Å². The first kappa shape index (κ1) is 18.4. The van der Waals surface area contributed by atoms with Crippen molar-refractivity contribution < 1.29 is 27.5 Å². The van der Waals surface area contributed by atoms with Crippen molar-refractivity contribution in [3.05, 3.63) is 71.0 Å². The summed E-state index contributed by atoms with van der Waals surface area (Å²) in [5.41, 5.74) is -1.35. The smallest absolute Gasteiger partial charge is 0.387 e. The standard InChI is InChI=1S/C19H17F4NO2/c20-13-7-5-12(6-8-13)18(9-10-18)17(26)24-11-16(25)14-3-1-2-4-15(14)19(21,22)23/h1-8,16,25H,9-11H2,(H,24,26). The number of alkyl halides is 3. The van der Waals surface area contributed by atoms with Crippen molar-refractivity contribution in [3.63, 3.8) is 0 Å². The molecular formula is C19H17F4NO2. The van der Waals surface area contributed by atoms with Crippen LogP contribution in [0, 0.1) is 5.82 Å². The number of nitrogens with one attached hydrogen (secondary N) is 1. The zero-order chi connectivity index (χ0) is 18.9. The number of aliphatic hydroxyl groups is 1. The fourth-order valence-electron chi connectivity index (χ4n) is 3.06. The largest absolute Gasteiger partial charge is 0.416 e. The third-order valence-corrected chi connectivity index (χ3v) is 4.66. The SMILES string of the molecule is O=C(NCC(O)c1ccccc1C(F)(F)F)C1(c2ccc(F)cc2)CC1. The predicted octanol–water partition coefficient (Wildman–Crippen LogP) is 3.73. The summed E-state index contributed by atoms with van der Waals surface area (Å²) in [6, 6.07) is 10.3. The maximum Gasteiger partial charge on any atom is 0.416 e. The number of amides is 1. The molecule has 0 saturated heterocycles. The Morgan fingerprint density at radius 3 is 2.31 bits per heavy atom. The zero-order valence-electron chi connectivity index (χ0n) is 13.7. The summed E-state index contributed by atoms with van der Waals surface area (Å²) >= 11 is 0. The van der Waals surface area contributed by atoms with E-state index in [0.29, 0.717) is 18.4 Å². The minimum atomic E-state index is -4.59. The van der Waals surface area contributed by atoms with Gasteiger partial charge in [0.25, 0.3) is 0 Å². The Kier molecular flexibility index (Phi) is 4.75. The van der Waals surface area contributed by atoms with Gasteiger partial charge in [0.2, 0.25) is 5.91 Å². The van der Waals surface area contributed by atoms with Crippen molar-refractivity contribution >= 4 is 5.91 Å². The topological polar surface area (TPSA) is 49.3 Å². The van der Waals surface area contributed by atoms with E-state index in [0.717, 1.165) is 6.07 Å². The molecule has 0 aliphatic heterocycles. The van der Waals surface area contributed by atoms with Crippen molar-refractivity contribution in [1.29, 1.82) is 0 Å². The molecule has 1 atom stereocenters. The van der Waals surface area contributed by atoms with Crippen LogP contribution in [0.15, 0.2) is 48.5 Å². The molecule has 2 aromatic rings. The molecular weight excluding hydrogens is 350 g/mol. The molecule has 3 nitrogen and oxygen atoms in total. The highest BCUT2D eigenvalue weighted by Gasteiger charge is 2.51. The average molecular weight is 367 g/mol. The van der Waals surface area contributed by atoms with Gasteiger partial charge in [-0.2, -0.15) is 13.2 Å². The fourth-order valence-corrected chi connectivity index (χ4v) is 3.06. The van der Waals surface area contributed by atoms with E-state index in [9.17, 15) is 27.5 Å². The van der Waals surface area contributed by atoms with Crippen LogP contribution in [-0.4, -0.2) is 17.6 Å². The van der Waals surface area contributed by atoms with Crippen molar-refractivity contribution in [2.75, 3.05) is 6.54 Å². The molecule has 0 heterocycles. The first-order valence-electron chi connectivity index (χ1n) is 8.12. The Bertz CT molecular complexity index is 798. The number of benzene rings is 2. The summed E-state index contributed by atoms with van der Waals surface area (Å²) in [6.07, 6.45) is -4.94. The number of rotatable bonds is 5. The summed E-state index contributed by atoms with van der Waals surface area (Å²) in [5, 5.41) is 12.7. The van der Waals surface area contributed by atoms with Crippen LogP contribution >= 0.6 is 0 Å². The first-order chi connectivity index (χ1) is 12.2. The normalized spacial score (nSPS) is 16.8. The third-order valence-electron chi connectivity index (χ3n) is 4.66. The molecule has 1 fully saturated rings. The Hall–Kier alpha value is -2.41. The van der Waals surface area contributed by atoms with Gasteiger partial charge in [-0.25, -0.2) is 4.39 Å². The zero-order valence-corrected chi connectivity index (χ0v) is 13.7. The van der Waals surface area contributed by atoms with Crippen molar-refractivity contribution in [3.8, 4) is 0 Å². The summed E-state index contributed by atoms with van der Waals surface area (Å²) in [7, 11) is 0. The summed E-state index contributed by atoms with van der Waals surface area (Å²) in [5.74, 6) is -0.795. The van der Waals surface area contributed by atoms with E-state index >= 15 is 0 Å². The Morgan fingerprint density at radius 1 is 1.12 bits per heavy atom. The Balaban J connectivity index is 1.70. The molecule has 2 N–H and O–H groups in total. The van der Waals surface area contributed by atoms with Crippen LogP contribution in [0.5, 0.6) is 0 Å². The number of carbonyl (C=O) groups is 1. The molecule has 0 bridgehead atoms. The molecule has 0 radical (unpaired) electrons. The number of hydrogen-bond donors (Lipinski definition) is 2. The van der Waals surface area contributed by atoms with Gasteiger partial charge in [-0.1, -0.05) is 30.3 Å².